The first-order chi connectivity index (χ1) is 17.5. The number of rotatable bonds is 7. The third kappa shape index (κ3) is 5.47. The van der Waals surface area contributed by atoms with E-state index in [-0.39, 0.29) is 29.1 Å². The lowest BCUT2D eigenvalue weighted by atomic mass is 9.74. The van der Waals surface area contributed by atoms with E-state index in [1.54, 1.807) is 13.2 Å². The second-order valence-corrected chi connectivity index (χ2v) is 11.0. The van der Waals surface area contributed by atoms with Crippen LogP contribution < -0.4 is 16.3 Å². The zero-order valence-electron chi connectivity index (χ0n) is 21.3. The van der Waals surface area contributed by atoms with Crippen LogP contribution >= 0.6 is 0 Å². The highest BCUT2D eigenvalue weighted by molar-refractivity contribution is 5.78. The number of piperidine rings is 1. The van der Waals surface area contributed by atoms with Crippen LogP contribution in [0.15, 0.2) is 42.6 Å². The van der Waals surface area contributed by atoms with Crippen molar-refractivity contribution in [1.29, 1.82) is 0 Å². The molecule has 2 saturated heterocycles. The van der Waals surface area contributed by atoms with Crippen molar-refractivity contribution in [3.63, 3.8) is 0 Å². The molecule has 3 N–H and O–H groups in total. The number of amides is 1. The molecule has 3 aliphatic rings. The van der Waals surface area contributed by atoms with Crippen LogP contribution in [0, 0.1) is 30.0 Å². The molecule has 1 amide bonds. The molecule has 194 valence electrons. The van der Waals surface area contributed by atoms with Crippen molar-refractivity contribution in [3.05, 3.63) is 65.2 Å². The number of hydrogen-bond acceptors (Lipinski definition) is 6. The number of pyridine rings is 1. The fraction of sp³-hybridized carbons (Fsp3) is 0.571. The number of fused-ring (bicyclic) bond motifs is 1. The van der Waals surface area contributed by atoms with Gasteiger partial charge in [0.25, 0.3) is 0 Å². The van der Waals surface area contributed by atoms with Crippen molar-refractivity contribution in [2.45, 2.75) is 57.5 Å². The van der Waals surface area contributed by atoms with Gasteiger partial charge in [-0.1, -0.05) is 18.2 Å². The molecule has 5 atom stereocenters. The normalized spacial score (nSPS) is 30.6. The largest absolute Gasteiger partial charge is 0.384 e. The quantitative estimate of drug-likeness (QED) is 0.546. The third-order valence-corrected chi connectivity index (χ3v) is 8.31. The van der Waals surface area contributed by atoms with Crippen molar-refractivity contribution in [1.82, 2.24) is 26.3 Å². The molecule has 0 spiro atoms. The molecule has 5 unspecified atom stereocenters. The molecule has 7 nitrogen and oxygen atoms in total. The first-order valence-electron chi connectivity index (χ1n) is 13.2. The summed E-state index contributed by atoms with van der Waals surface area (Å²) in [7, 11) is 1.70. The molecular formula is C28H38FN5O2. The maximum Gasteiger partial charge on any atom is 0.237 e. The monoisotopic (exact) mass is 495 g/mol. The van der Waals surface area contributed by atoms with Crippen LogP contribution in [0.2, 0.25) is 0 Å². The number of carbonyl (C=O) groups excluding carboxylic acids is 1. The number of benzene rings is 1. The second-order valence-electron chi connectivity index (χ2n) is 11.0. The van der Waals surface area contributed by atoms with Crippen LogP contribution in [0.1, 0.15) is 55.0 Å². The lowest BCUT2D eigenvalue weighted by Gasteiger charge is -2.43. The Morgan fingerprint density at radius 1 is 1.28 bits per heavy atom. The van der Waals surface area contributed by atoms with Gasteiger partial charge in [0.2, 0.25) is 5.91 Å². The Balaban J connectivity index is 1.24. The number of nitrogens with one attached hydrogen (secondary N) is 3. The second kappa shape index (κ2) is 10.9. The maximum atomic E-state index is 14.5. The third-order valence-electron chi connectivity index (χ3n) is 8.31. The molecule has 0 bridgehead atoms. The summed E-state index contributed by atoms with van der Waals surface area (Å²) in [4.78, 5) is 17.8. The standard InChI is InChI=1S/C28H38FN5O2/c1-19-14-20(10-12-30-19)26-23-15-21(8-9-25(23)31-32-26)27(35)33-34-13-5-11-28(17-34,18-36-2)16-22-6-3-4-7-24(22)29/h3-4,6-7,10,12,14,21,23,25-26,31-32H,5,8-9,11,13,15-18H2,1-2H3,(H,33,35). The highest BCUT2D eigenvalue weighted by Gasteiger charge is 2.43. The van der Waals surface area contributed by atoms with Gasteiger partial charge >= 0.3 is 0 Å². The maximum absolute atomic E-state index is 14.5. The van der Waals surface area contributed by atoms with Gasteiger partial charge in [-0.15, -0.1) is 0 Å². The van der Waals surface area contributed by atoms with E-state index < -0.39 is 0 Å². The average Bonchev–Trinajstić information content (AvgIpc) is 3.29. The van der Waals surface area contributed by atoms with Gasteiger partial charge in [0.1, 0.15) is 5.82 Å². The molecule has 0 radical (unpaired) electrons. The summed E-state index contributed by atoms with van der Waals surface area (Å²) >= 11 is 0. The summed E-state index contributed by atoms with van der Waals surface area (Å²) in [6, 6.07) is 11.7. The highest BCUT2D eigenvalue weighted by atomic mass is 19.1. The molecule has 2 aromatic rings. The van der Waals surface area contributed by atoms with Gasteiger partial charge in [0.15, 0.2) is 0 Å². The Hall–Kier alpha value is -2.39. The number of ether oxygens (including phenoxy) is 1. The van der Waals surface area contributed by atoms with Crippen LogP contribution in [0.25, 0.3) is 0 Å². The van der Waals surface area contributed by atoms with Crippen LogP contribution in [0.5, 0.6) is 0 Å². The Bertz CT molecular complexity index is 1060. The van der Waals surface area contributed by atoms with E-state index in [9.17, 15) is 9.18 Å². The zero-order valence-corrected chi connectivity index (χ0v) is 21.3. The molecule has 1 aromatic heterocycles. The van der Waals surface area contributed by atoms with Gasteiger partial charge in [0, 0.05) is 49.5 Å². The van der Waals surface area contributed by atoms with E-state index in [4.69, 9.17) is 4.74 Å². The number of aryl methyl sites for hydroxylation is 1. The molecule has 1 saturated carbocycles. The molecule has 2 aliphatic heterocycles. The number of hydrazine groups is 2. The Kier molecular flexibility index (Phi) is 7.67. The van der Waals surface area contributed by atoms with E-state index in [0.29, 0.717) is 37.1 Å². The molecular weight excluding hydrogens is 457 g/mol. The van der Waals surface area contributed by atoms with Crippen LogP contribution in [-0.2, 0) is 16.0 Å². The SMILES string of the molecule is COCC1(Cc2ccccc2F)CCCN(NC(=O)C2CCC3NNC(c4ccnc(C)c4)C3C2)C1. The van der Waals surface area contributed by atoms with E-state index in [0.717, 1.165) is 44.3 Å². The van der Waals surface area contributed by atoms with E-state index >= 15 is 0 Å². The Morgan fingerprint density at radius 3 is 2.94 bits per heavy atom. The zero-order chi connectivity index (χ0) is 25.1. The number of halogens is 1. The smallest absolute Gasteiger partial charge is 0.237 e. The molecule has 36 heavy (non-hydrogen) atoms. The van der Waals surface area contributed by atoms with E-state index in [1.165, 1.54) is 11.6 Å². The minimum absolute atomic E-state index is 0.0243. The predicted molar refractivity (Wildman–Crippen MR) is 136 cm³/mol. The lowest BCUT2D eigenvalue weighted by Crippen LogP contribution is -2.55. The number of aromatic nitrogens is 1. The van der Waals surface area contributed by atoms with Crippen molar-refractivity contribution in [2.24, 2.45) is 17.3 Å². The molecule has 3 heterocycles. The number of nitrogens with zero attached hydrogens (tertiary/aromatic N) is 2. The number of carbonyl (C=O) groups is 1. The van der Waals surface area contributed by atoms with Crippen LogP contribution in [0.4, 0.5) is 4.39 Å². The summed E-state index contributed by atoms with van der Waals surface area (Å²) in [5, 5.41) is 2.05. The minimum atomic E-state index is -0.232. The van der Waals surface area contributed by atoms with Crippen molar-refractivity contribution in [3.8, 4) is 0 Å². The van der Waals surface area contributed by atoms with E-state index in [1.807, 2.05) is 30.3 Å². The topological polar surface area (TPSA) is 78.5 Å². The number of hydrogen-bond donors (Lipinski definition) is 3. The average molecular weight is 496 g/mol. The van der Waals surface area contributed by atoms with Crippen molar-refractivity contribution in [2.75, 3.05) is 26.8 Å². The summed E-state index contributed by atoms with van der Waals surface area (Å²) in [5.74, 6) is 0.253. The summed E-state index contributed by atoms with van der Waals surface area (Å²) in [6.07, 6.45) is 7.01. The molecule has 8 heteroatoms. The Morgan fingerprint density at radius 2 is 2.14 bits per heavy atom. The minimum Gasteiger partial charge on any atom is -0.384 e. The fourth-order valence-corrected chi connectivity index (χ4v) is 6.60. The first kappa shape index (κ1) is 25.3. The molecule has 1 aliphatic carbocycles. The first-order valence-corrected chi connectivity index (χ1v) is 13.2. The molecule has 1 aromatic carbocycles. The van der Waals surface area contributed by atoms with Crippen molar-refractivity contribution >= 4 is 5.91 Å². The summed E-state index contributed by atoms with van der Waals surface area (Å²) in [5.41, 5.74) is 12.9. The van der Waals surface area contributed by atoms with E-state index in [2.05, 4.69) is 33.4 Å². The molecule has 3 fully saturated rings. The van der Waals surface area contributed by atoms with Crippen molar-refractivity contribution < 1.29 is 13.9 Å². The van der Waals surface area contributed by atoms with Gasteiger partial charge in [-0.25, -0.2) is 14.8 Å². The van der Waals surface area contributed by atoms with Crippen LogP contribution in [0.3, 0.4) is 0 Å². The predicted octanol–water partition coefficient (Wildman–Crippen LogP) is 3.47. The van der Waals surface area contributed by atoms with Gasteiger partial charge < -0.3 is 4.74 Å². The lowest BCUT2D eigenvalue weighted by molar-refractivity contribution is -0.134. The van der Waals surface area contributed by atoms with Gasteiger partial charge in [-0.2, -0.15) is 0 Å². The number of methoxy groups -OCH3 is 1. The Labute approximate surface area is 213 Å². The fourth-order valence-electron chi connectivity index (χ4n) is 6.60. The van der Waals surface area contributed by atoms with Crippen LogP contribution in [-0.4, -0.2) is 48.7 Å². The van der Waals surface area contributed by atoms with Gasteiger partial charge in [-0.05, 0) is 80.7 Å². The summed E-state index contributed by atoms with van der Waals surface area (Å²) < 4.78 is 20.0. The van der Waals surface area contributed by atoms with Gasteiger partial charge in [-0.3, -0.25) is 20.6 Å². The highest BCUT2D eigenvalue weighted by Crippen LogP contribution is 2.41. The molecule has 5 rings (SSSR count). The van der Waals surface area contributed by atoms with Gasteiger partial charge in [0.05, 0.1) is 12.6 Å². The summed E-state index contributed by atoms with van der Waals surface area (Å²) in [6.45, 7) is 4.00.